The first-order chi connectivity index (χ1) is 9.56. The van der Waals surface area contributed by atoms with E-state index < -0.39 is 11.6 Å². The van der Waals surface area contributed by atoms with Gasteiger partial charge in [0.1, 0.15) is 11.4 Å². The van der Waals surface area contributed by atoms with Crippen LogP contribution in [-0.2, 0) is 0 Å². The van der Waals surface area contributed by atoms with Crippen LogP contribution < -0.4 is 0 Å². The first-order valence-corrected chi connectivity index (χ1v) is 6.57. The molecule has 100 valence electrons. The molecule has 0 unspecified atom stereocenters. The number of fused-ring (bicyclic) bond motifs is 1. The van der Waals surface area contributed by atoms with Gasteiger partial charge in [0, 0.05) is 10.0 Å². The van der Waals surface area contributed by atoms with Crippen LogP contribution in [0.15, 0.2) is 51.4 Å². The summed E-state index contributed by atoms with van der Waals surface area (Å²) < 4.78 is 19.0. The molecule has 3 rings (SSSR count). The molecule has 20 heavy (non-hydrogen) atoms. The van der Waals surface area contributed by atoms with Gasteiger partial charge >= 0.3 is 0 Å². The first-order valence-electron chi connectivity index (χ1n) is 5.77. The fourth-order valence-corrected chi connectivity index (χ4v) is 2.30. The van der Waals surface area contributed by atoms with Gasteiger partial charge in [0.05, 0.1) is 5.39 Å². The molecule has 0 saturated carbocycles. The molecule has 5 heteroatoms. The van der Waals surface area contributed by atoms with Crippen molar-refractivity contribution in [3.8, 4) is 5.75 Å². The predicted molar refractivity (Wildman–Crippen MR) is 75.4 cm³/mol. The number of halogens is 2. The molecule has 1 N–H and O–H groups in total. The Morgan fingerprint density at radius 1 is 1.15 bits per heavy atom. The highest BCUT2D eigenvalue weighted by molar-refractivity contribution is 9.10. The number of rotatable bonds is 2. The van der Waals surface area contributed by atoms with Gasteiger partial charge in [-0.2, -0.15) is 0 Å². The number of furan rings is 1. The molecule has 0 atom stereocenters. The van der Waals surface area contributed by atoms with Crippen LogP contribution in [0.2, 0.25) is 0 Å². The molecule has 3 nitrogen and oxygen atoms in total. The van der Waals surface area contributed by atoms with Gasteiger partial charge in [0.15, 0.2) is 5.75 Å². The van der Waals surface area contributed by atoms with Crippen LogP contribution >= 0.6 is 15.9 Å². The Balaban J connectivity index is 2.12. The van der Waals surface area contributed by atoms with Gasteiger partial charge in [-0.1, -0.05) is 15.9 Å². The average molecular weight is 335 g/mol. The minimum atomic E-state index is -0.491. The third kappa shape index (κ3) is 2.10. The summed E-state index contributed by atoms with van der Waals surface area (Å²) in [5.74, 6) is -1.28. The van der Waals surface area contributed by atoms with Crippen LogP contribution in [0.25, 0.3) is 11.0 Å². The number of hydrogen-bond donors (Lipinski definition) is 1. The smallest absolute Gasteiger partial charge is 0.232 e. The lowest BCUT2D eigenvalue weighted by atomic mass is 10.1. The van der Waals surface area contributed by atoms with Crippen molar-refractivity contribution in [2.45, 2.75) is 0 Å². The number of carbonyl (C=O) groups is 1. The first kappa shape index (κ1) is 12.9. The molecule has 1 heterocycles. The fourth-order valence-electron chi connectivity index (χ4n) is 1.94. The van der Waals surface area contributed by atoms with E-state index in [-0.39, 0.29) is 17.1 Å². The van der Waals surface area contributed by atoms with E-state index >= 15 is 0 Å². The summed E-state index contributed by atoms with van der Waals surface area (Å²) in [5, 5.41) is 10.5. The predicted octanol–water partition coefficient (Wildman–Crippen LogP) is 4.27. The molecule has 0 fully saturated rings. The van der Waals surface area contributed by atoms with E-state index in [9.17, 15) is 14.3 Å². The monoisotopic (exact) mass is 334 g/mol. The molecule has 0 aliphatic rings. The summed E-state index contributed by atoms with van der Waals surface area (Å²) in [6.45, 7) is 0. The van der Waals surface area contributed by atoms with Crippen LogP contribution in [0, 0.1) is 5.82 Å². The molecule has 1 aromatic heterocycles. The lowest BCUT2D eigenvalue weighted by molar-refractivity contribution is 0.101. The summed E-state index contributed by atoms with van der Waals surface area (Å²) in [6, 6.07) is 10.1. The van der Waals surface area contributed by atoms with Crippen molar-refractivity contribution in [1.82, 2.24) is 0 Å². The topological polar surface area (TPSA) is 50.4 Å². The second kappa shape index (κ2) is 4.76. The zero-order chi connectivity index (χ0) is 14.3. The second-order valence-corrected chi connectivity index (χ2v) is 5.17. The number of benzene rings is 2. The van der Waals surface area contributed by atoms with E-state index in [1.54, 1.807) is 18.2 Å². The molecule has 0 amide bonds. The zero-order valence-electron chi connectivity index (χ0n) is 10.1. The maximum Gasteiger partial charge on any atom is 0.232 e. The van der Waals surface area contributed by atoms with E-state index in [1.165, 1.54) is 24.3 Å². The average Bonchev–Trinajstić information content (AvgIpc) is 2.76. The van der Waals surface area contributed by atoms with Gasteiger partial charge in [-0.05, 0) is 42.5 Å². The molecule has 2 aromatic carbocycles. The van der Waals surface area contributed by atoms with Crippen molar-refractivity contribution in [3.63, 3.8) is 0 Å². The number of carbonyl (C=O) groups excluding carboxylic acids is 1. The number of aromatic hydroxyl groups is 1. The van der Waals surface area contributed by atoms with Crippen molar-refractivity contribution in [2.75, 3.05) is 0 Å². The SMILES string of the molecule is O=C(c1ccc(F)cc1)c1oc2ccc(Br)cc2c1O. The molecular formula is C15H8BrFO3. The Morgan fingerprint density at radius 2 is 1.85 bits per heavy atom. The third-order valence-corrected chi connectivity index (χ3v) is 3.43. The van der Waals surface area contributed by atoms with E-state index in [2.05, 4.69) is 15.9 Å². The highest BCUT2D eigenvalue weighted by Crippen LogP contribution is 2.35. The largest absolute Gasteiger partial charge is 0.504 e. The maximum absolute atomic E-state index is 12.9. The van der Waals surface area contributed by atoms with Gasteiger partial charge in [0.2, 0.25) is 11.5 Å². The normalized spacial score (nSPS) is 10.9. The van der Waals surface area contributed by atoms with Gasteiger partial charge in [0.25, 0.3) is 0 Å². The summed E-state index contributed by atoms with van der Waals surface area (Å²) in [4.78, 5) is 12.2. The lowest BCUT2D eigenvalue weighted by Crippen LogP contribution is -1.99. The van der Waals surface area contributed by atoms with Gasteiger partial charge < -0.3 is 9.52 Å². The van der Waals surface area contributed by atoms with E-state index in [4.69, 9.17) is 4.42 Å². The van der Waals surface area contributed by atoms with Crippen molar-refractivity contribution in [2.24, 2.45) is 0 Å². The number of hydrogen-bond acceptors (Lipinski definition) is 3. The van der Waals surface area contributed by atoms with Crippen LogP contribution in [-0.4, -0.2) is 10.9 Å². The molecule has 0 spiro atoms. The zero-order valence-corrected chi connectivity index (χ0v) is 11.6. The molecule has 0 radical (unpaired) electrons. The van der Waals surface area contributed by atoms with E-state index in [0.717, 1.165) is 4.47 Å². The standard InChI is InChI=1S/C15H8BrFO3/c16-9-3-6-12-11(7-9)14(19)15(20-12)13(18)8-1-4-10(17)5-2-8/h1-7,19H. The van der Waals surface area contributed by atoms with Crippen molar-refractivity contribution >= 4 is 32.7 Å². The van der Waals surface area contributed by atoms with Gasteiger partial charge in [-0.15, -0.1) is 0 Å². The maximum atomic E-state index is 12.9. The Hall–Kier alpha value is -2.14. The summed E-state index contributed by atoms with van der Waals surface area (Å²) >= 11 is 3.29. The van der Waals surface area contributed by atoms with Crippen molar-refractivity contribution in [1.29, 1.82) is 0 Å². The van der Waals surface area contributed by atoms with Crippen LogP contribution in [0.4, 0.5) is 4.39 Å². The molecule has 0 saturated heterocycles. The lowest BCUT2D eigenvalue weighted by Gasteiger charge is -1.98. The van der Waals surface area contributed by atoms with Crippen LogP contribution in [0.3, 0.4) is 0 Å². The van der Waals surface area contributed by atoms with Crippen LogP contribution in [0.5, 0.6) is 5.75 Å². The molecule has 0 aliphatic heterocycles. The molecule has 0 bridgehead atoms. The summed E-state index contributed by atoms with van der Waals surface area (Å²) in [5.41, 5.74) is 0.663. The van der Waals surface area contributed by atoms with Crippen LogP contribution in [0.1, 0.15) is 16.1 Å². The third-order valence-electron chi connectivity index (χ3n) is 2.94. The second-order valence-electron chi connectivity index (χ2n) is 4.26. The summed E-state index contributed by atoms with van der Waals surface area (Å²) in [6.07, 6.45) is 0. The van der Waals surface area contributed by atoms with Crippen molar-refractivity contribution < 1.29 is 18.7 Å². The Labute approximate surface area is 121 Å². The highest BCUT2D eigenvalue weighted by Gasteiger charge is 2.21. The number of ketones is 1. The van der Waals surface area contributed by atoms with Crippen molar-refractivity contribution in [3.05, 3.63) is 64.1 Å². The Bertz CT molecular complexity index is 806. The van der Waals surface area contributed by atoms with Gasteiger partial charge in [-0.25, -0.2) is 4.39 Å². The Kier molecular flexibility index (Phi) is 3.06. The minimum absolute atomic E-state index is 0.148. The van der Waals surface area contributed by atoms with E-state index in [0.29, 0.717) is 11.0 Å². The fraction of sp³-hybridized carbons (Fsp3) is 0. The molecular weight excluding hydrogens is 327 g/mol. The minimum Gasteiger partial charge on any atom is -0.504 e. The molecule has 3 aromatic rings. The summed E-state index contributed by atoms with van der Waals surface area (Å²) in [7, 11) is 0. The van der Waals surface area contributed by atoms with E-state index in [1.807, 2.05) is 0 Å². The van der Waals surface area contributed by atoms with Gasteiger partial charge in [-0.3, -0.25) is 4.79 Å². The Morgan fingerprint density at radius 3 is 2.55 bits per heavy atom. The molecule has 0 aliphatic carbocycles. The highest BCUT2D eigenvalue weighted by atomic mass is 79.9. The quantitative estimate of drug-likeness (QED) is 0.712.